The van der Waals surface area contributed by atoms with Crippen molar-refractivity contribution in [2.75, 3.05) is 37.6 Å². The Balaban J connectivity index is 1.83. The van der Waals surface area contributed by atoms with Crippen LogP contribution in [0.5, 0.6) is 0 Å². The van der Waals surface area contributed by atoms with E-state index in [1.165, 1.54) is 11.0 Å². The molecular weight excluding hydrogens is 353 g/mol. The Morgan fingerprint density at radius 3 is 2.84 bits per heavy atom. The summed E-state index contributed by atoms with van der Waals surface area (Å²) >= 11 is 0. The summed E-state index contributed by atoms with van der Waals surface area (Å²) in [5.74, 6) is -0.465. The molecule has 0 bridgehead atoms. The highest BCUT2D eigenvalue weighted by molar-refractivity contribution is 7.85. The third-order valence-electron chi connectivity index (χ3n) is 3.98. The number of nitrogens with zero attached hydrogens (tertiary/aromatic N) is 1. The van der Waals surface area contributed by atoms with E-state index in [0.29, 0.717) is 30.9 Å². The predicted molar refractivity (Wildman–Crippen MR) is 88.2 cm³/mol. The molecule has 2 aliphatic rings. The summed E-state index contributed by atoms with van der Waals surface area (Å²) in [4.78, 5) is 13.2. The molecule has 0 aromatic heterocycles. The molecule has 25 heavy (non-hydrogen) atoms. The molecule has 0 spiro atoms. The Kier molecular flexibility index (Phi) is 5.07. The number of hydrogen-bond acceptors (Lipinski definition) is 6. The number of amides is 1. The summed E-state index contributed by atoms with van der Waals surface area (Å²) in [5, 5.41) is 0. The molecule has 0 unspecified atom stereocenters. The number of carbonyl (C=O) groups excluding carboxylic acids is 1. The zero-order valence-electron chi connectivity index (χ0n) is 13.6. The van der Waals surface area contributed by atoms with E-state index in [9.17, 15) is 17.6 Å². The third-order valence-corrected chi connectivity index (χ3v) is 4.54. The van der Waals surface area contributed by atoms with Crippen molar-refractivity contribution >= 4 is 27.5 Å². The lowest BCUT2D eigenvalue weighted by Gasteiger charge is -2.22. The first-order chi connectivity index (χ1) is 11.8. The van der Waals surface area contributed by atoms with Crippen LogP contribution >= 0.6 is 0 Å². The largest absolute Gasteiger partial charge is 0.447 e. The Hall–Kier alpha value is -1.97. The summed E-state index contributed by atoms with van der Waals surface area (Å²) in [7, 11) is -3.65. The number of ether oxygens (including phenoxy) is 2. The van der Waals surface area contributed by atoms with Crippen molar-refractivity contribution in [3.63, 3.8) is 0 Å². The van der Waals surface area contributed by atoms with Crippen LogP contribution in [0, 0.1) is 5.82 Å². The summed E-state index contributed by atoms with van der Waals surface area (Å²) in [6, 6.07) is 3.80. The van der Waals surface area contributed by atoms with Crippen LogP contribution in [0.4, 0.5) is 14.9 Å². The molecule has 3 rings (SSSR count). The van der Waals surface area contributed by atoms with Gasteiger partial charge in [-0.3, -0.25) is 9.08 Å². The van der Waals surface area contributed by atoms with Gasteiger partial charge >= 0.3 is 6.09 Å². The number of hydrogen-bond donors (Lipinski definition) is 0. The molecule has 0 saturated carbocycles. The van der Waals surface area contributed by atoms with Gasteiger partial charge in [-0.05, 0) is 30.2 Å². The number of anilines is 1. The Bertz CT molecular complexity index is 807. The molecule has 9 heteroatoms. The maximum Gasteiger partial charge on any atom is 0.414 e. The molecule has 1 atom stereocenters. The highest BCUT2D eigenvalue weighted by atomic mass is 32.2. The van der Waals surface area contributed by atoms with Crippen LogP contribution in [0.25, 0.3) is 5.57 Å². The molecule has 2 heterocycles. The standard InChI is InChI=1S/C16H18FNO6S/c1-25(20,21)24-10-13-9-23-16(19)18(13)12-2-3-14(15(17)8-12)11-4-6-22-7-5-11/h2-4,8,13H,5-7,9-10H2,1H3/t13-/m1/s1. The highest BCUT2D eigenvalue weighted by Gasteiger charge is 2.35. The minimum Gasteiger partial charge on any atom is -0.447 e. The average Bonchev–Trinajstić information content (AvgIpc) is 2.94. The van der Waals surface area contributed by atoms with Crippen molar-refractivity contribution in [3.05, 3.63) is 35.7 Å². The fraction of sp³-hybridized carbons (Fsp3) is 0.438. The lowest BCUT2D eigenvalue weighted by atomic mass is 10.0. The van der Waals surface area contributed by atoms with Crippen LogP contribution in [0.2, 0.25) is 0 Å². The Morgan fingerprint density at radius 1 is 1.40 bits per heavy atom. The molecular formula is C16H18FNO6S. The van der Waals surface area contributed by atoms with Crippen molar-refractivity contribution in [3.8, 4) is 0 Å². The summed E-state index contributed by atoms with van der Waals surface area (Å²) in [6.45, 7) is 0.701. The van der Waals surface area contributed by atoms with Crippen LogP contribution in [-0.4, -0.2) is 53.2 Å². The van der Waals surface area contributed by atoms with E-state index in [1.54, 1.807) is 12.1 Å². The Labute approximate surface area is 145 Å². The summed E-state index contributed by atoms with van der Waals surface area (Å²) < 4.78 is 51.7. The van der Waals surface area contributed by atoms with Gasteiger partial charge in [-0.2, -0.15) is 8.42 Å². The van der Waals surface area contributed by atoms with Crippen molar-refractivity contribution in [1.29, 1.82) is 0 Å². The van der Waals surface area contributed by atoms with Gasteiger partial charge in [-0.25, -0.2) is 9.18 Å². The molecule has 1 saturated heterocycles. The number of carbonyl (C=O) groups is 1. The van der Waals surface area contributed by atoms with Crippen LogP contribution in [-0.2, 0) is 23.8 Å². The molecule has 136 valence electrons. The zero-order valence-corrected chi connectivity index (χ0v) is 14.4. The van der Waals surface area contributed by atoms with Gasteiger partial charge < -0.3 is 9.47 Å². The van der Waals surface area contributed by atoms with E-state index in [2.05, 4.69) is 0 Å². The van der Waals surface area contributed by atoms with Gasteiger partial charge in [-0.1, -0.05) is 6.08 Å². The van der Waals surface area contributed by atoms with E-state index >= 15 is 0 Å². The molecule has 7 nitrogen and oxygen atoms in total. The average molecular weight is 371 g/mol. The third kappa shape index (κ3) is 4.17. The normalized spacial score (nSPS) is 21.2. The van der Waals surface area contributed by atoms with Gasteiger partial charge in [0.15, 0.2) is 0 Å². The molecule has 2 aliphatic heterocycles. The van der Waals surface area contributed by atoms with Gasteiger partial charge in [0.2, 0.25) is 0 Å². The zero-order chi connectivity index (χ0) is 18.0. The molecule has 0 radical (unpaired) electrons. The van der Waals surface area contributed by atoms with Gasteiger partial charge in [-0.15, -0.1) is 0 Å². The number of benzene rings is 1. The monoisotopic (exact) mass is 371 g/mol. The van der Waals surface area contributed by atoms with Crippen LogP contribution in [0.3, 0.4) is 0 Å². The number of rotatable bonds is 5. The van der Waals surface area contributed by atoms with Crippen molar-refractivity contribution in [2.24, 2.45) is 0 Å². The molecule has 0 aliphatic carbocycles. The molecule has 0 N–H and O–H groups in total. The number of cyclic esters (lactones) is 1. The smallest absolute Gasteiger partial charge is 0.414 e. The van der Waals surface area contributed by atoms with Crippen LogP contribution in [0.1, 0.15) is 12.0 Å². The molecule has 1 aromatic rings. The lowest BCUT2D eigenvalue weighted by molar-refractivity contribution is 0.161. The van der Waals surface area contributed by atoms with E-state index in [1.807, 2.05) is 6.08 Å². The second-order valence-electron chi connectivity index (χ2n) is 5.81. The summed E-state index contributed by atoms with van der Waals surface area (Å²) in [5.41, 5.74) is 1.61. The van der Waals surface area contributed by atoms with Gasteiger partial charge in [0.25, 0.3) is 10.1 Å². The second-order valence-corrected chi connectivity index (χ2v) is 7.45. The van der Waals surface area contributed by atoms with E-state index in [0.717, 1.165) is 11.8 Å². The second kappa shape index (κ2) is 7.11. The summed E-state index contributed by atoms with van der Waals surface area (Å²) in [6.07, 6.45) is 2.70. The lowest BCUT2D eigenvalue weighted by Crippen LogP contribution is -2.37. The van der Waals surface area contributed by atoms with Crippen molar-refractivity contribution in [1.82, 2.24) is 0 Å². The fourth-order valence-corrected chi connectivity index (χ4v) is 3.19. The van der Waals surface area contributed by atoms with E-state index in [4.69, 9.17) is 13.7 Å². The van der Waals surface area contributed by atoms with E-state index in [-0.39, 0.29) is 13.2 Å². The topological polar surface area (TPSA) is 82.1 Å². The minimum absolute atomic E-state index is 0.0276. The van der Waals surface area contributed by atoms with Crippen molar-refractivity contribution < 1.29 is 31.3 Å². The molecule has 1 aromatic carbocycles. The SMILES string of the molecule is CS(=O)(=O)OC[C@H]1COC(=O)N1c1ccc(C2=CCOCC2)c(F)c1. The Morgan fingerprint density at radius 2 is 2.20 bits per heavy atom. The fourth-order valence-electron chi connectivity index (χ4n) is 2.79. The van der Waals surface area contributed by atoms with Gasteiger partial charge in [0.05, 0.1) is 37.8 Å². The highest BCUT2D eigenvalue weighted by Crippen LogP contribution is 2.30. The van der Waals surface area contributed by atoms with Crippen molar-refractivity contribution in [2.45, 2.75) is 12.5 Å². The van der Waals surface area contributed by atoms with Gasteiger partial charge in [0.1, 0.15) is 12.4 Å². The maximum absolute atomic E-state index is 14.5. The molecule has 1 amide bonds. The predicted octanol–water partition coefficient (Wildman–Crippen LogP) is 1.93. The van der Waals surface area contributed by atoms with E-state index < -0.39 is 28.1 Å². The first-order valence-electron chi connectivity index (χ1n) is 7.72. The molecule has 1 fully saturated rings. The van der Waals surface area contributed by atoms with Gasteiger partial charge in [0, 0.05) is 5.56 Å². The maximum atomic E-state index is 14.5. The first kappa shape index (κ1) is 17.8. The first-order valence-corrected chi connectivity index (χ1v) is 9.54. The quantitative estimate of drug-likeness (QED) is 0.736. The van der Waals surface area contributed by atoms with Crippen LogP contribution in [0.15, 0.2) is 24.3 Å². The minimum atomic E-state index is -3.65. The van der Waals surface area contributed by atoms with Crippen LogP contribution < -0.4 is 4.90 Å². The number of halogens is 1.